The van der Waals surface area contributed by atoms with E-state index in [1.807, 2.05) is 32.0 Å². The zero-order valence-electron chi connectivity index (χ0n) is 24.4. The molecule has 0 unspecified atom stereocenters. The molecule has 9 nitrogen and oxygen atoms in total. The maximum absolute atomic E-state index is 13.3. The van der Waals surface area contributed by atoms with E-state index in [1.165, 1.54) is 0 Å². The number of amides is 1. The Morgan fingerprint density at radius 2 is 1.80 bits per heavy atom. The number of carboxylic acid groups (broad SMARTS) is 1. The Morgan fingerprint density at radius 1 is 1.05 bits per heavy atom. The van der Waals surface area contributed by atoms with Gasteiger partial charge in [0.15, 0.2) is 0 Å². The summed E-state index contributed by atoms with van der Waals surface area (Å²) < 4.78 is 11.6. The molecule has 4 aromatic rings. The molecule has 44 heavy (non-hydrogen) atoms. The molecule has 1 aromatic heterocycles. The van der Waals surface area contributed by atoms with Crippen molar-refractivity contribution in [2.45, 2.75) is 39.0 Å². The lowest BCUT2D eigenvalue weighted by Gasteiger charge is -2.31. The van der Waals surface area contributed by atoms with Crippen LogP contribution in [0, 0.1) is 6.92 Å². The van der Waals surface area contributed by atoms with Crippen LogP contribution in [0.5, 0.6) is 5.75 Å². The number of hydrogen-bond acceptors (Lipinski definition) is 7. The lowest BCUT2D eigenvalue weighted by molar-refractivity contribution is 0.0696. The number of anilines is 1. The van der Waals surface area contributed by atoms with Crippen molar-refractivity contribution in [3.63, 3.8) is 0 Å². The molecule has 3 aromatic carbocycles. The van der Waals surface area contributed by atoms with Crippen LogP contribution in [0.25, 0.3) is 22.3 Å². The predicted molar refractivity (Wildman–Crippen MR) is 169 cm³/mol. The number of benzene rings is 3. The molecule has 0 aliphatic carbocycles. The topological polar surface area (TPSA) is 105 Å². The number of hydrogen-bond donors (Lipinski definition) is 1. The van der Waals surface area contributed by atoms with Crippen LogP contribution in [0.1, 0.15) is 46.6 Å². The largest absolute Gasteiger partial charge is 0.496 e. The highest BCUT2D eigenvalue weighted by Gasteiger charge is 2.40. The maximum atomic E-state index is 13.3. The molecule has 0 saturated carbocycles. The molecule has 2 fully saturated rings. The van der Waals surface area contributed by atoms with Gasteiger partial charge < -0.3 is 19.5 Å². The molecule has 0 bridgehead atoms. The first kappa shape index (κ1) is 29.7. The van der Waals surface area contributed by atoms with Gasteiger partial charge in [-0.25, -0.2) is 19.6 Å². The van der Waals surface area contributed by atoms with Gasteiger partial charge in [0.2, 0.25) is 5.95 Å². The number of aryl methyl sites for hydroxylation is 1. The second-order valence-corrected chi connectivity index (χ2v) is 11.9. The number of aromatic nitrogens is 2. The first-order valence-corrected chi connectivity index (χ1v) is 15.0. The molecular formula is C33H30Cl2N4O5. The molecule has 11 heteroatoms. The monoisotopic (exact) mass is 632 g/mol. The molecule has 0 radical (unpaired) electrons. The molecule has 1 N–H and O–H groups in total. The van der Waals surface area contributed by atoms with E-state index in [0.29, 0.717) is 38.6 Å². The quantitative estimate of drug-likeness (QED) is 0.214. The van der Waals surface area contributed by atoms with Crippen molar-refractivity contribution in [3.8, 4) is 28.0 Å². The van der Waals surface area contributed by atoms with Gasteiger partial charge in [-0.15, -0.1) is 0 Å². The Bertz CT molecular complexity index is 1760. The summed E-state index contributed by atoms with van der Waals surface area (Å²) in [5.74, 6) is 0.233. The standard InChI is InChI=1S/C33H30Cl2N4O5/c1-18-11-21(31(40)41)5-7-25(18)20-6-8-29(43-3)26(14-20)27-16-36-32(38-9-4-10-38)37-28(27)17-39-19(2)30(44-33(39)42)22-12-23(34)15-24(35)13-22/h5-8,11-16,19,30H,4,9-10,17H2,1-3H3,(H,40,41)/t19-,30-/m0/s1. The minimum Gasteiger partial charge on any atom is -0.496 e. The van der Waals surface area contributed by atoms with E-state index in [1.54, 1.807) is 54.6 Å². The number of rotatable bonds is 8. The average molecular weight is 634 g/mol. The summed E-state index contributed by atoms with van der Waals surface area (Å²) in [7, 11) is 1.60. The van der Waals surface area contributed by atoms with Crippen LogP contribution >= 0.6 is 23.2 Å². The van der Waals surface area contributed by atoms with Gasteiger partial charge in [0, 0.05) is 40.5 Å². The van der Waals surface area contributed by atoms with Crippen molar-refractivity contribution in [3.05, 3.63) is 93.2 Å². The number of aromatic carboxylic acids is 1. The highest BCUT2D eigenvalue weighted by molar-refractivity contribution is 6.34. The van der Waals surface area contributed by atoms with Crippen molar-refractivity contribution in [1.29, 1.82) is 0 Å². The molecule has 2 atom stereocenters. The maximum Gasteiger partial charge on any atom is 0.411 e. The van der Waals surface area contributed by atoms with Crippen LogP contribution in [-0.2, 0) is 11.3 Å². The van der Waals surface area contributed by atoms with Crippen molar-refractivity contribution < 1.29 is 24.2 Å². The van der Waals surface area contributed by atoms with E-state index in [-0.39, 0.29) is 18.2 Å². The average Bonchev–Trinajstić information content (AvgIpc) is 3.24. The SMILES string of the molecule is COc1ccc(-c2ccc(C(=O)O)cc2C)cc1-c1cnc(N2CCC2)nc1CN1C(=O)O[C@H](c2cc(Cl)cc(Cl)c2)[C@@H]1C. The second kappa shape index (κ2) is 12.0. The third-order valence-corrected chi connectivity index (χ3v) is 8.63. The number of nitrogens with zero attached hydrogens (tertiary/aromatic N) is 4. The normalized spacial score (nSPS) is 17.8. The Morgan fingerprint density at radius 3 is 2.43 bits per heavy atom. The van der Waals surface area contributed by atoms with E-state index < -0.39 is 18.2 Å². The van der Waals surface area contributed by atoms with Crippen molar-refractivity contribution in [2.24, 2.45) is 0 Å². The van der Waals surface area contributed by atoms with E-state index in [0.717, 1.165) is 41.8 Å². The number of methoxy groups -OCH3 is 1. The summed E-state index contributed by atoms with van der Waals surface area (Å²) in [6.07, 6.45) is 1.81. The smallest absolute Gasteiger partial charge is 0.411 e. The Hall–Kier alpha value is -4.34. The van der Waals surface area contributed by atoms with Gasteiger partial charge in [-0.1, -0.05) is 35.3 Å². The van der Waals surface area contributed by atoms with E-state index in [4.69, 9.17) is 37.7 Å². The fourth-order valence-corrected chi connectivity index (χ4v) is 6.23. The van der Waals surface area contributed by atoms with E-state index in [9.17, 15) is 14.7 Å². The molecule has 2 aliphatic rings. The van der Waals surface area contributed by atoms with Gasteiger partial charge in [-0.05, 0) is 85.0 Å². The van der Waals surface area contributed by atoms with Crippen LogP contribution in [0.3, 0.4) is 0 Å². The summed E-state index contributed by atoms with van der Waals surface area (Å²) in [6.45, 7) is 5.70. The first-order valence-electron chi connectivity index (χ1n) is 14.2. The molecule has 226 valence electrons. The predicted octanol–water partition coefficient (Wildman–Crippen LogP) is 7.42. The highest BCUT2D eigenvalue weighted by Crippen LogP contribution is 2.40. The lowest BCUT2D eigenvalue weighted by Crippen LogP contribution is -2.39. The van der Waals surface area contributed by atoms with Gasteiger partial charge in [0.05, 0.1) is 31.0 Å². The van der Waals surface area contributed by atoms with Crippen LogP contribution in [0.4, 0.5) is 10.7 Å². The first-order chi connectivity index (χ1) is 21.1. The fourth-order valence-electron chi connectivity index (χ4n) is 5.69. The summed E-state index contributed by atoms with van der Waals surface area (Å²) >= 11 is 12.5. The summed E-state index contributed by atoms with van der Waals surface area (Å²) in [5, 5.41) is 10.4. The zero-order valence-corrected chi connectivity index (χ0v) is 25.9. The van der Waals surface area contributed by atoms with Gasteiger partial charge in [-0.2, -0.15) is 0 Å². The molecule has 2 saturated heterocycles. The minimum absolute atomic E-state index is 0.170. The Balaban J connectivity index is 1.41. The van der Waals surface area contributed by atoms with Crippen molar-refractivity contribution in [2.75, 3.05) is 25.1 Å². The Labute approximate surface area is 265 Å². The van der Waals surface area contributed by atoms with Gasteiger partial charge in [0.25, 0.3) is 0 Å². The summed E-state index contributed by atoms with van der Waals surface area (Å²) in [6, 6.07) is 15.6. The molecule has 0 spiro atoms. The third-order valence-electron chi connectivity index (χ3n) is 8.19. The zero-order chi connectivity index (χ0) is 31.1. The van der Waals surface area contributed by atoms with Crippen LogP contribution in [-0.4, -0.2) is 58.3 Å². The summed E-state index contributed by atoms with van der Waals surface area (Å²) in [5.41, 5.74) is 5.63. The minimum atomic E-state index is -0.977. The molecule has 3 heterocycles. The number of halogens is 2. The number of ether oxygens (including phenoxy) is 2. The van der Waals surface area contributed by atoms with Crippen molar-refractivity contribution >= 4 is 41.2 Å². The van der Waals surface area contributed by atoms with Gasteiger partial charge in [0.1, 0.15) is 11.9 Å². The summed E-state index contributed by atoms with van der Waals surface area (Å²) in [4.78, 5) is 38.2. The van der Waals surface area contributed by atoms with Crippen molar-refractivity contribution in [1.82, 2.24) is 14.9 Å². The van der Waals surface area contributed by atoms with Crippen LogP contribution in [0.15, 0.2) is 60.8 Å². The van der Waals surface area contributed by atoms with Gasteiger partial charge >= 0.3 is 12.1 Å². The molecule has 6 rings (SSSR count). The molecular weight excluding hydrogens is 603 g/mol. The third kappa shape index (κ3) is 5.65. The number of cyclic esters (lactones) is 1. The number of carbonyl (C=O) groups is 2. The molecule has 2 aliphatic heterocycles. The van der Waals surface area contributed by atoms with Crippen LogP contribution in [0.2, 0.25) is 10.0 Å². The van der Waals surface area contributed by atoms with E-state index >= 15 is 0 Å². The molecule has 1 amide bonds. The van der Waals surface area contributed by atoms with Crippen LogP contribution < -0.4 is 9.64 Å². The number of carboxylic acids is 1. The second-order valence-electron chi connectivity index (χ2n) is 11.0. The highest BCUT2D eigenvalue weighted by atomic mass is 35.5. The lowest BCUT2D eigenvalue weighted by atomic mass is 9.94. The number of carbonyl (C=O) groups excluding carboxylic acids is 1. The van der Waals surface area contributed by atoms with Gasteiger partial charge in [-0.3, -0.25) is 4.90 Å². The van der Waals surface area contributed by atoms with E-state index in [2.05, 4.69) is 9.88 Å². The fraction of sp³-hybridized carbons (Fsp3) is 0.273. The Kier molecular flexibility index (Phi) is 8.09.